The Morgan fingerprint density at radius 2 is 1.91 bits per heavy atom. The SMILES string of the molecule is C[C@H](Oc1ccccc1C(F)(F)F)C(=O)NC1CCN(C)CC1. The van der Waals surface area contributed by atoms with E-state index in [0.717, 1.165) is 32.0 Å². The van der Waals surface area contributed by atoms with Crippen molar-refractivity contribution >= 4 is 5.91 Å². The molecule has 1 saturated heterocycles. The summed E-state index contributed by atoms with van der Waals surface area (Å²) in [5.74, 6) is -0.720. The average Bonchev–Trinajstić information content (AvgIpc) is 2.49. The zero-order valence-electron chi connectivity index (χ0n) is 13.2. The zero-order valence-corrected chi connectivity index (χ0v) is 13.2. The first-order valence-electron chi connectivity index (χ1n) is 7.59. The summed E-state index contributed by atoms with van der Waals surface area (Å²) < 4.78 is 44.0. The van der Waals surface area contributed by atoms with Crippen LogP contribution in [0.25, 0.3) is 0 Å². The van der Waals surface area contributed by atoms with E-state index in [4.69, 9.17) is 4.74 Å². The highest BCUT2D eigenvalue weighted by atomic mass is 19.4. The number of rotatable bonds is 4. The van der Waals surface area contributed by atoms with E-state index in [1.807, 2.05) is 7.05 Å². The number of nitrogens with one attached hydrogen (secondary N) is 1. The van der Waals surface area contributed by atoms with Gasteiger partial charge in [-0.2, -0.15) is 13.2 Å². The van der Waals surface area contributed by atoms with Gasteiger partial charge in [0, 0.05) is 6.04 Å². The molecule has 0 bridgehead atoms. The van der Waals surface area contributed by atoms with E-state index in [0.29, 0.717) is 0 Å². The smallest absolute Gasteiger partial charge is 0.419 e. The van der Waals surface area contributed by atoms with E-state index in [2.05, 4.69) is 10.2 Å². The Morgan fingerprint density at radius 3 is 2.52 bits per heavy atom. The van der Waals surface area contributed by atoms with E-state index >= 15 is 0 Å². The fraction of sp³-hybridized carbons (Fsp3) is 0.562. The molecule has 1 fully saturated rings. The van der Waals surface area contributed by atoms with Gasteiger partial charge in [0.2, 0.25) is 0 Å². The lowest BCUT2D eigenvalue weighted by Crippen LogP contribution is -2.47. The predicted molar refractivity (Wildman–Crippen MR) is 80.2 cm³/mol. The molecule has 1 aromatic carbocycles. The summed E-state index contributed by atoms with van der Waals surface area (Å²) in [5, 5.41) is 2.85. The Morgan fingerprint density at radius 1 is 1.30 bits per heavy atom. The van der Waals surface area contributed by atoms with Crippen LogP contribution in [0.15, 0.2) is 24.3 Å². The van der Waals surface area contributed by atoms with Crippen LogP contribution in [0.2, 0.25) is 0 Å². The Hall–Kier alpha value is -1.76. The van der Waals surface area contributed by atoms with Crippen molar-refractivity contribution in [1.29, 1.82) is 0 Å². The number of ether oxygens (including phenoxy) is 1. The monoisotopic (exact) mass is 330 g/mol. The van der Waals surface area contributed by atoms with Crippen LogP contribution >= 0.6 is 0 Å². The number of piperidine rings is 1. The first-order chi connectivity index (χ1) is 10.8. The van der Waals surface area contributed by atoms with Gasteiger partial charge in [0.1, 0.15) is 5.75 Å². The molecule has 1 heterocycles. The van der Waals surface area contributed by atoms with Crippen LogP contribution in [0.1, 0.15) is 25.3 Å². The van der Waals surface area contributed by atoms with Crippen LogP contribution in [0, 0.1) is 0 Å². The van der Waals surface area contributed by atoms with Crippen molar-refractivity contribution in [2.75, 3.05) is 20.1 Å². The van der Waals surface area contributed by atoms with Crippen LogP contribution in [0.4, 0.5) is 13.2 Å². The fourth-order valence-corrected chi connectivity index (χ4v) is 2.52. The van der Waals surface area contributed by atoms with E-state index in [-0.39, 0.29) is 11.8 Å². The van der Waals surface area contributed by atoms with Crippen molar-refractivity contribution in [3.63, 3.8) is 0 Å². The second-order valence-corrected chi connectivity index (χ2v) is 5.84. The summed E-state index contributed by atoms with van der Waals surface area (Å²) in [6.07, 6.45) is -3.85. The van der Waals surface area contributed by atoms with Crippen molar-refractivity contribution in [3.05, 3.63) is 29.8 Å². The molecule has 0 spiro atoms. The number of alkyl halides is 3. The van der Waals surface area contributed by atoms with E-state index in [1.165, 1.54) is 25.1 Å². The van der Waals surface area contributed by atoms with E-state index < -0.39 is 23.8 Å². The summed E-state index contributed by atoms with van der Waals surface area (Å²) in [5.41, 5.74) is -0.876. The van der Waals surface area contributed by atoms with Gasteiger partial charge in [-0.15, -0.1) is 0 Å². The Bertz CT molecular complexity index is 540. The second kappa shape index (κ2) is 7.21. The molecular weight excluding hydrogens is 309 g/mol. The summed E-state index contributed by atoms with van der Waals surface area (Å²) in [7, 11) is 2.01. The molecule has 7 heteroatoms. The Balaban J connectivity index is 1.96. The first kappa shape index (κ1) is 17.6. The molecule has 23 heavy (non-hydrogen) atoms. The molecule has 0 aliphatic carbocycles. The Labute approximate surface area is 133 Å². The fourth-order valence-electron chi connectivity index (χ4n) is 2.52. The normalized spacial score (nSPS) is 18.5. The number of halogens is 3. The third kappa shape index (κ3) is 4.86. The van der Waals surface area contributed by atoms with Gasteiger partial charge in [-0.05, 0) is 52.0 Å². The minimum Gasteiger partial charge on any atom is -0.480 e. The minimum atomic E-state index is -4.51. The molecule has 0 aromatic heterocycles. The van der Waals surface area contributed by atoms with Gasteiger partial charge in [-0.1, -0.05) is 12.1 Å². The summed E-state index contributed by atoms with van der Waals surface area (Å²) in [6.45, 7) is 3.23. The van der Waals surface area contributed by atoms with Gasteiger partial charge in [0.15, 0.2) is 6.10 Å². The van der Waals surface area contributed by atoms with Gasteiger partial charge < -0.3 is 15.0 Å². The number of amides is 1. The molecule has 0 saturated carbocycles. The topological polar surface area (TPSA) is 41.6 Å². The number of hydrogen-bond donors (Lipinski definition) is 1. The number of carbonyl (C=O) groups excluding carboxylic acids is 1. The highest BCUT2D eigenvalue weighted by Crippen LogP contribution is 2.36. The van der Waals surface area contributed by atoms with Crippen LogP contribution in [0.3, 0.4) is 0 Å². The summed E-state index contributed by atoms with van der Waals surface area (Å²) >= 11 is 0. The second-order valence-electron chi connectivity index (χ2n) is 5.84. The summed E-state index contributed by atoms with van der Waals surface area (Å²) in [6, 6.07) is 4.95. The van der Waals surface area contributed by atoms with Gasteiger partial charge in [-0.3, -0.25) is 4.79 Å². The molecule has 1 aliphatic heterocycles. The lowest BCUT2D eigenvalue weighted by molar-refractivity contribution is -0.140. The largest absolute Gasteiger partial charge is 0.480 e. The van der Waals surface area contributed by atoms with Crippen molar-refractivity contribution in [2.45, 2.75) is 38.1 Å². The molecule has 1 aliphatic rings. The average molecular weight is 330 g/mol. The molecule has 1 amide bonds. The van der Waals surface area contributed by atoms with Crippen molar-refractivity contribution < 1.29 is 22.7 Å². The molecule has 2 rings (SSSR count). The van der Waals surface area contributed by atoms with Gasteiger partial charge in [0.05, 0.1) is 5.56 Å². The van der Waals surface area contributed by atoms with Gasteiger partial charge in [0.25, 0.3) is 5.91 Å². The highest BCUT2D eigenvalue weighted by molar-refractivity contribution is 5.81. The maximum absolute atomic E-state index is 12.9. The molecule has 1 atom stereocenters. The van der Waals surface area contributed by atoms with Gasteiger partial charge >= 0.3 is 6.18 Å². The zero-order chi connectivity index (χ0) is 17.0. The maximum Gasteiger partial charge on any atom is 0.419 e. The molecule has 1 N–H and O–H groups in total. The van der Waals surface area contributed by atoms with E-state index in [1.54, 1.807) is 0 Å². The predicted octanol–water partition coefficient (Wildman–Crippen LogP) is 2.68. The molecule has 4 nitrogen and oxygen atoms in total. The number of likely N-dealkylation sites (tertiary alicyclic amines) is 1. The number of para-hydroxylation sites is 1. The lowest BCUT2D eigenvalue weighted by Gasteiger charge is -2.30. The van der Waals surface area contributed by atoms with Crippen LogP contribution < -0.4 is 10.1 Å². The number of hydrogen-bond acceptors (Lipinski definition) is 3. The van der Waals surface area contributed by atoms with Crippen LogP contribution in [-0.4, -0.2) is 43.1 Å². The molecule has 0 unspecified atom stereocenters. The third-order valence-electron chi connectivity index (χ3n) is 3.93. The standard InChI is InChI=1S/C16H21F3N2O2/c1-11(15(22)20-12-7-9-21(2)10-8-12)23-14-6-4-3-5-13(14)16(17,18)19/h3-6,11-12H,7-10H2,1-2H3,(H,20,22)/t11-/m0/s1. The molecule has 1 aromatic rings. The lowest BCUT2D eigenvalue weighted by atomic mass is 10.1. The summed E-state index contributed by atoms with van der Waals surface area (Å²) in [4.78, 5) is 14.3. The van der Waals surface area contributed by atoms with Crippen molar-refractivity contribution in [1.82, 2.24) is 10.2 Å². The number of nitrogens with zero attached hydrogens (tertiary/aromatic N) is 1. The van der Waals surface area contributed by atoms with Crippen molar-refractivity contribution in [3.8, 4) is 5.75 Å². The number of benzene rings is 1. The number of carbonyl (C=O) groups is 1. The van der Waals surface area contributed by atoms with Crippen molar-refractivity contribution in [2.24, 2.45) is 0 Å². The third-order valence-corrected chi connectivity index (χ3v) is 3.93. The van der Waals surface area contributed by atoms with Crippen LogP contribution in [-0.2, 0) is 11.0 Å². The minimum absolute atomic E-state index is 0.0441. The van der Waals surface area contributed by atoms with Crippen LogP contribution in [0.5, 0.6) is 5.75 Å². The quantitative estimate of drug-likeness (QED) is 0.923. The Kier molecular flexibility index (Phi) is 5.51. The van der Waals surface area contributed by atoms with E-state index in [9.17, 15) is 18.0 Å². The first-order valence-corrected chi connectivity index (χ1v) is 7.59. The molecular formula is C16H21F3N2O2. The van der Waals surface area contributed by atoms with Gasteiger partial charge in [-0.25, -0.2) is 0 Å². The highest BCUT2D eigenvalue weighted by Gasteiger charge is 2.35. The molecule has 128 valence electrons. The molecule has 0 radical (unpaired) electrons. The maximum atomic E-state index is 12.9.